The highest BCUT2D eigenvalue weighted by Crippen LogP contribution is 2.17. The van der Waals surface area contributed by atoms with Crippen molar-refractivity contribution >= 4 is 23.7 Å². The van der Waals surface area contributed by atoms with E-state index in [2.05, 4.69) is 10.6 Å². The monoisotopic (exact) mass is 360 g/mol. The summed E-state index contributed by atoms with van der Waals surface area (Å²) in [5.74, 6) is -1.52. The van der Waals surface area contributed by atoms with Gasteiger partial charge in [0.15, 0.2) is 11.9 Å². The van der Waals surface area contributed by atoms with Gasteiger partial charge < -0.3 is 10.1 Å². The van der Waals surface area contributed by atoms with Crippen LogP contribution in [0.5, 0.6) is 0 Å². The van der Waals surface area contributed by atoms with Crippen molar-refractivity contribution in [2.24, 2.45) is 0 Å². The van der Waals surface area contributed by atoms with E-state index in [0.717, 1.165) is 25.7 Å². The van der Waals surface area contributed by atoms with Crippen molar-refractivity contribution in [2.75, 3.05) is 0 Å². The molecule has 26 heavy (non-hydrogen) atoms. The normalized spacial score (nSPS) is 15.1. The second-order valence-electron chi connectivity index (χ2n) is 6.37. The van der Waals surface area contributed by atoms with E-state index in [4.69, 9.17) is 4.74 Å². The van der Waals surface area contributed by atoms with Crippen molar-refractivity contribution in [2.45, 2.75) is 57.6 Å². The number of amides is 3. The number of ketones is 1. The predicted molar refractivity (Wildman–Crippen MR) is 94.5 cm³/mol. The maximum atomic E-state index is 11.9. The molecule has 0 unspecified atom stereocenters. The highest BCUT2D eigenvalue weighted by Gasteiger charge is 2.22. The first kappa shape index (κ1) is 19.6. The van der Waals surface area contributed by atoms with Gasteiger partial charge in [-0.05, 0) is 19.8 Å². The van der Waals surface area contributed by atoms with Crippen LogP contribution in [0.4, 0.5) is 4.79 Å². The zero-order valence-corrected chi connectivity index (χ0v) is 14.8. The third kappa shape index (κ3) is 6.31. The molecular formula is C19H24N2O5. The molecule has 0 spiro atoms. The van der Waals surface area contributed by atoms with Gasteiger partial charge in [0, 0.05) is 18.0 Å². The van der Waals surface area contributed by atoms with Gasteiger partial charge in [0.1, 0.15) is 0 Å². The van der Waals surface area contributed by atoms with Gasteiger partial charge in [0.05, 0.1) is 6.42 Å². The Bertz CT molecular complexity index is 653. The summed E-state index contributed by atoms with van der Waals surface area (Å²) in [5.41, 5.74) is 0.523. The van der Waals surface area contributed by atoms with Gasteiger partial charge in [-0.2, -0.15) is 0 Å². The number of Topliss-reactive ketones (excluding diaryl/α,β-unsaturated/α-hetero) is 1. The summed E-state index contributed by atoms with van der Waals surface area (Å²) in [7, 11) is 0. The predicted octanol–water partition coefficient (Wildman–Crippen LogP) is 2.35. The maximum absolute atomic E-state index is 11.9. The topological polar surface area (TPSA) is 102 Å². The Morgan fingerprint density at radius 2 is 1.73 bits per heavy atom. The number of nitrogens with one attached hydrogen (secondary N) is 2. The standard InChI is InChI=1S/C19H24N2O5/c1-13(18(24)21-19(25)20-15-9-5-6-10-15)26-17(23)12-11-16(22)14-7-3-2-4-8-14/h2-4,7-8,13,15H,5-6,9-12H2,1H3,(H2,20,21,24,25)/t13-/m0/s1. The molecule has 1 saturated carbocycles. The number of hydrogen-bond acceptors (Lipinski definition) is 5. The first-order valence-corrected chi connectivity index (χ1v) is 8.85. The lowest BCUT2D eigenvalue weighted by Crippen LogP contribution is -2.47. The van der Waals surface area contributed by atoms with Crippen LogP contribution in [-0.4, -0.2) is 35.8 Å². The van der Waals surface area contributed by atoms with Crippen molar-refractivity contribution in [1.29, 1.82) is 0 Å². The summed E-state index contributed by atoms with van der Waals surface area (Å²) in [6.45, 7) is 1.38. The van der Waals surface area contributed by atoms with Gasteiger partial charge in [-0.1, -0.05) is 43.2 Å². The Morgan fingerprint density at radius 1 is 1.08 bits per heavy atom. The lowest BCUT2D eigenvalue weighted by Gasteiger charge is -2.15. The average Bonchev–Trinajstić information content (AvgIpc) is 3.13. The van der Waals surface area contributed by atoms with E-state index in [0.29, 0.717) is 5.56 Å². The van der Waals surface area contributed by atoms with Crippen LogP contribution in [0, 0.1) is 0 Å². The minimum absolute atomic E-state index is 0.000643. The van der Waals surface area contributed by atoms with E-state index >= 15 is 0 Å². The quantitative estimate of drug-likeness (QED) is 0.574. The van der Waals surface area contributed by atoms with Gasteiger partial charge in [-0.25, -0.2) is 4.79 Å². The Hall–Kier alpha value is -2.70. The second kappa shape index (κ2) is 9.70. The van der Waals surface area contributed by atoms with Gasteiger partial charge in [-0.3, -0.25) is 19.7 Å². The number of esters is 1. The Morgan fingerprint density at radius 3 is 2.38 bits per heavy atom. The fourth-order valence-corrected chi connectivity index (χ4v) is 2.80. The molecule has 0 aliphatic heterocycles. The third-order valence-electron chi connectivity index (χ3n) is 4.26. The molecule has 0 heterocycles. The maximum Gasteiger partial charge on any atom is 0.321 e. The van der Waals surface area contributed by atoms with Gasteiger partial charge in [-0.15, -0.1) is 0 Å². The summed E-state index contributed by atoms with van der Waals surface area (Å²) in [5, 5.41) is 4.89. The minimum Gasteiger partial charge on any atom is -0.453 e. The van der Waals surface area contributed by atoms with Crippen LogP contribution in [0.1, 0.15) is 55.8 Å². The number of imide groups is 1. The van der Waals surface area contributed by atoms with E-state index in [1.165, 1.54) is 6.92 Å². The first-order chi connectivity index (χ1) is 12.5. The molecule has 2 rings (SSSR count). The molecule has 0 aromatic heterocycles. The van der Waals surface area contributed by atoms with Gasteiger partial charge >= 0.3 is 12.0 Å². The SMILES string of the molecule is C[C@H](OC(=O)CCC(=O)c1ccccc1)C(=O)NC(=O)NC1CCCC1. The Kier molecular flexibility index (Phi) is 7.32. The summed E-state index contributed by atoms with van der Waals surface area (Å²) in [6.07, 6.45) is 2.70. The number of benzene rings is 1. The van der Waals surface area contributed by atoms with Crippen LogP contribution in [-0.2, 0) is 14.3 Å². The van der Waals surface area contributed by atoms with E-state index in [9.17, 15) is 19.2 Å². The van der Waals surface area contributed by atoms with Crippen LogP contribution >= 0.6 is 0 Å². The molecule has 0 radical (unpaired) electrons. The molecule has 7 heteroatoms. The minimum atomic E-state index is -1.11. The van der Waals surface area contributed by atoms with Crippen LogP contribution in [0.25, 0.3) is 0 Å². The fraction of sp³-hybridized carbons (Fsp3) is 0.474. The van der Waals surface area contributed by atoms with Crippen LogP contribution in [0.15, 0.2) is 30.3 Å². The molecule has 0 saturated heterocycles. The van der Waals surface area contributed by atoms with Crippen molar-refractivity contribution in [3.05, 3.63) is 35.9 Å². The second-order valence-corrected chi connectivity index (χ2v) is 6.37. The molecule has 7 nitrogen and oxygen atoms in total. The molecular weight excluding hydrogens is 336 g/mol. The van der Waals surface area contributed by atoms with Crippen molar-refractivity contribution in [3.63, 3.8) is 0 Å². The van der Waals surface area contributed by atoms with Gasteiger partial charge in [0.2, 0.25) is 0 Å². The molecule has 1 aromatic rings. The summed E-state index contributed by atoms with van der Waals surface area (Å²) < 4.78 is 4.99. The van der Waals surface area contributed by atoms with E-state index < -0.39 is 24.0 Å². The summed E-state index contributed by atoms with van der Waals surface area (Å²) in [6, 6.07) is 8.14. The van der Waals surface area contributed by atoms with Gasteiger partial charge in [0.25, 0.3) is 5.91 Å². The zero-order chi connectivity index (χ0) is 18.9. The zero-order valence-electron chi connectivity index (χ0n) is 14.8. The molecule has 1 aromatic carbocycles. The third-order valence-corrected chi connectivity index (χ3v) is 4.26. The molecule has 140 valence electrons. The van der Waals surface area contributed by atoms with Crippen LogP contribution < -0.4 is 10.6 Å². The molecule has 3 amide bonds. The number of rotatable bonds is 7. The fourth-order valence-electron chi connectivity index (χ4n) is 2.80. The van der Waals surface area contributed by atoms with Crippen molar-refractivity contribution in [3.8, 4) is 0 Å². The lowest BCUT2D eigenvalue weighted by atomic mass is 10.1. The largest absolute Gasteiger partial charge is 0.453 e. The summed E-state index contributed by atoms with van der Waals surface area (Å²) >= 11 is 0. The molecule has 2 N–H and O–H groups in total. The average molecular weight is 360 g/mol. The molecule has 1 fully saturated rings. The smallest absolute Gasteiger partial charge is 0.321 e. The van der Waals surface area contributed by atoms with E-state index in [-0.39, 0.29) is 24.7 Å². The number of carbonyl (C=O) groups excluding carboxylic acids is 4. The molecule has 1 aliphatic carbocycles. The van der Waals surface area contributed by atoms with Crippen molar-refractivity contribution in [1.82, 2.24) is 10.6 Å². The van der Waals surface area contributed by atoms with E-state index in [1.54, 1.807) is 30.3 Å². The number of urea groups is 1. The number of carbonyl (C=O) groups is 4. The Labute approximate surface area is 152 Å². The molecule has 1 atom stereocenters. The van der Waals surface area contributed by atoms with Crippen LogP contribution in [0.2, 0.25) is 0 Å². The molecule has 1 aliphatic rings. The summed E-state index contributed by atoms with van der Waals surface area (Å²) in [4.78, 5) is 47.4. The first-order valence-electron chi connectivity index (χ1n) is 8.85. The highest BCUT2D eigenvalue weighted by molar-refractivity contribution is 5.98. The lowest BCUT2D eigenvalue weighted by molar-refractivity contribution is -0.154. The Balaban J connectivity index is 1.69. The van der Waals surface area contributed by atoms with Crippen molar-refractivity contribution < 1.29 is 23.9 Å². The number of ether oxygens (including phenoxy) is 1. The van der Waals surface area contributed by atoms with E-state index in [1.807, 2.05) is 0 Å². The van der Waals surface area contributed by atoms with Crippen LogP contribution in [0.3, 0.4) is 0 Å². The molecule has 0 bridgehead atoms. The highest BCUT2D eigenvalue weighted by atomic mass is 16.5. The number of hydrogen-bond donors (Lipinski definition) is 2.